The minimum atomic E-state index is -0.00822. The summed E-state index contributed by atoms with van der Waals surface area (Å²) in [6.45, 7) is 4.25. The molecule has 0 bridgehead atoms. The molecule has 1 aromatic heterocycles. The van der Waals surface area contributed by atoms with Gasteiger partial charge in [-0.15, -0.1) is 0 Å². The zero-order valence-electron chi connectivity index (χ0n) is 18.8. The Kier molecular flexibility index (Phi) is 7.31. The average molecular weight is 416 g/mol. The van der Waals surface area contributed by atoms with E-state index in [2.05, 4.69) is 60.4 Å². The molecule has 1 atom stereocenters. The van der Waals surface area contributed by atoms with Crippen LogP contribution in [0.5, 0.6) is 0 Å². The average Bonchev–Trinajstić information content (AvgIpc) is 2.84. The van der Waals surface area contributed by atoms with Crippen molar-refractivity contribution < 1.29 is 4.74 Å². The standard InChI is InChI=1S/C27H33N3O/c1-3-4-5-6-13-19-30-20-18-23(31-2)26-27(30)29-25(22-16-11-8-12-17-22)24(28-26)21-14-9-7-10-15-21/h7-12,14-17,23H,3-6,13,18-20H2,1-2H3. The van der Waals surface area contributed by atoms with E-state index >= 15 is 0 Å². The molecule has 0 fully saturated rings. The van der Waals surface area contributed by atoms with Gasteiger partial charge in [-0.25, -0.2) is 9.97 Å². The number of ether oxygens (including phenoxy) is 1. The van der Waals surface area contributed by atoms with Gasteiger partial charge >= 0.3 is 0 Å². The Labute approximate surface area is 186 Å². The van der Waals surface area contributed by atoms with E-state index in [4.69, 9.17) is 14.7 Å². The molecule has 0 radical (unpaired) electrons. The minimum absolute atomic E-state index is 0.00822. The summed E-state index contributed by atoms with van der Waals surface area (Å²) in [4.78, 5) is 12.9. The van der Waals surface area contributed by atoms with Crippen LogP contribution in [0.15, 0.2) is 60.7 Å². The number of aromatic nitrogens is 2. The second kappa shape index (κ2) is 10.5. The molecule has 0 saturated heterocycles. The van der Waals surface area contributed by atoms with Gasteiger partial charge in [0.25, 0.3) is 0 Å². The number of anilines is 1. The van der Waals surface area contributed by atoms with E-state index in [1.165, 1.54) is 32.1 Å². The quantitative estimate of drug-likeness (QED) is 0.365. The van der Waals surface area contributed by atoms with Gasteiger partial charge in [-0.1, -0.05) is 93.3 Å². The molecule has 31 heavy (non-hydrogen) atoms. The largest absolute Gasteiger partial charge is 0.375 e. The molecule has 0 spiro atoms. The molecule has 4 nitrogen and oxygen atoms in total. The Hall–Kier alpha value is -2.72. The maximum Gasteiger partial charge on any atom is 0.153 e. The van der Waals surface area contributed by atoms with Crippen molar-refractivity contribution in [1.29, 1.82) is 0 Å². The molecule has 0 saturated carbocycles. The molecule has 4 rings (SSSR count). The number of fused-ring (bicyclic) bond motifs is 1. The SMILES string of the molecule is CCCCCCCN1CCC(OC)c2nc(-c3ccccc3)c(-c3ccccc3)nc21. The summed E-state index contributed by atoms with van der Waals surface area (Å²) in [6.07, 6.45) is 7.31. The third-order valence-electron chi connectivity index (χ3n) is 6.08. The van der Waals surface area contributed by atoms with E-state index in [1.54, 1.807) is 7.11 Å². The lowest BCUT2D eigenvalue weighted by atomic mass is 10.0. The van der Waals surface area contributed by atoms with Crippen LogP contribution in [-0.4, -0.2) is 30.2 Å². The smallest absolute Gasteiger partial charge is 0.153 e. The predicted octanol–water partition coefficient (Wildman–Crippen LogP) is 6.68. The highest BCUT2D eigenvalue weighted by molar-refractivity contribution is 5.79. The molecule has 0 N–H and O–H groups in total. The van der Waals surface area contributed by atoms with Crippen LogP contribution in [0, 0.1) is 0 Å². The second-order valence-electron chi connectivity index (χ2n) is 8.28. The normalized spacial score (nSPS) is 15.7. The Morgan fingerprint density at radius 2 is 1.45 bits per heavy atom. The Balaban J connectivity index is 1.75. The van der Waals surface area contributed by atoms with Crippen LogP contribution in [0.4, 0.5) is 5.82 Å². The molecular weight excluding hydrogens is 382 g/mol. The van der Waals surface area contributed by atoms with E-state index in [-0.39, 0.29) is 6.10 Å². The minimum Gasteiger partial charge on any atom is -0.375 e. The third kappa shape index (κ3) is 4.96. The first-order valence-corrected chi connectivity index (χ1v) is 11.6. The van der Waals surface area contributed by atoms with E-state index in [1.807, 2.05) is 12.1 Å². The Bertz CT molecular complexity index is 959. The molecular formula is C27H33N3O. The van der Waals surface area contributed by atoms with E-state index in [9.17, 15) is 0 Å². The summed E-state index contributed by atoms with van der Waals surface area (Å²) in [5.74, 6) is 0.993. The van der Waals surface area contributed by atoms with Gasteiger partial charge in [0, 0.05) is 31.3 Å². The molecule has 4 heteroatoms. The number of benzene rings is 2. The first-order valence-electron chi connectivity index (χ1n) is 11.6. The lowest BCUT2D eigenvalue weighted by Crippen LogP contribution is -2.34. The number of unbranched alkanes of at least 4 members (excludes halogenated alkanes) is 4. The van der Waals surface area contributed by atoms with Crippen molar-refractivity contribution in [3.8, 4) is 22.5 Å². The molecule has 3 aromatic rings. The summed E-state index contributed by atoms with van der Waals surface area (Å²) in [5.41, 5.74) is 5.03. The maximum atomic E-state index is 5.83. The Morgan fingerprint density at radius 1 is 0.839 bits per heavy atom. The first kappa shape index (κ1) is 21.5. The number of hydrogen-bond acceptors (Lipinski definition) is 4. The van der Waals surface area contributed by atoms with Crippen LogP contribution < -0.4 is 4.90 Å². The lowest BCUT2D eigenvalue weighted by molar-refractivity contribution is 0.0895. The van der Waals surface area contributed by atoms with Crippen LogP contribution in [0.25, 0.3) is 22.5 Å². The highest BCUT2D eigenvalue weighted by atomic mass is 16.5. The number of hydrogen-bond donors (Lipinski definition) is 0. The predicted molar refractivity (Wildman–Crippen MR) is 128 cm³/mol. The van der Waals surface area contributed by atoms with E-state index < -0.39 is 0 Å². The van der Waals surface area contributed by atoms with Gasteiger partial charge in [-0.3, -0.25) is 0 Å². The fraction of sp³-hybridized carbons (Fsp3) is 0.407. The second-order valence-corrected chi connectivity index (χ2v) is 8.28. The topological polar surface area (TPSA) is 38.2 Å². The fourth-order valence-electron chi connectivity index (χ4n) is 4.35. The molecule has 0 aliphatic carbocycles. The summed E-state index contributed by atoms with van der Waals surface area (Å²) in [7, 11) is 1.78. The van der Waals surface area contributed by atoms with Crippen molar-refractivity contribution in [2.24, 2.45) is 0 Å². The highest BCUT2D eigenvalue weighted by Crippen LogP contribution is 2.38. The maximum absolute atomic E-state index is 5.83. The summed E-state index contributed by atoms with van der Waals surface area (Å²) < 4.78 is 5.83. The fourth-order valence-corrected chi connectivity index (χ4v) is 4.35. The molecule has 0 amide bonds. The van der Waals surface area contributed by atoms with Crippen LogP contribution in [-0.2, 0) is 4.74 Å². The van der Waals surface area contributed by atoms with Crippen molar-refractivity contribution in [3.05, 3.63) is 66.4 Å². The van der Waals surface area contributed by atoms with Gasteiger partial charge in [0.2, 0.25) is 0 Å². The highest BCUT2D eigenvalue weighted by Gasteiger charge is 2.30. The van der Waals surface area contributed by atoms with Crippen molar-refractivity contribution in [1.82, 2.24) is 9.97 Å². The number of nitrogens with zero attached hydrogens (tertiary/aromatic N) is 3. The van der Waals surface area contributed by atoms with Gasteiger partial charge in [-0.05, 0) is 12.8 Å². The molecule has 2 aromatic carbocycles. The molecule has 1 unspecified atom stereocenters. The zero-order chi connectivity index (χ0) is 21.5. The number of rotatable bonds is 9. The van der Waals surface area contributed by atoms with Crippen molar-refractivity contribution in [3.63, 3.8) is 0 Å². The van der Waals surface area contributed by atoms with Crippen molar-refractivity contribution >= 4 is 5.82 Å². The van der Waals surface area contributed by atoms with Gasteiger partial charge < -0.3 is 9.64 Å². The lowest BCUT2D eigenvalue weighted by Gasteiger charge is -2.34. The van der Waals surface area contributed by atoms with Gasteiger partial charge in [0.05, 0.1) is 11.4 Å². The molecule has 1 aliphatic heterocycles. The molecule has 162 valence electrons. The van der Waals surface area contributed by atoms with Crippen molar-refractivity contribution in [2.45, 2.75) is 51.6 Å². The summed E-state index contributed by atoms with van der Waals surface area (Å²) >= 11 is 0. The summed E-state index contributed by atoms with van der Waals surface area (Å²) in [5, 5.41) is 0. The zero-order valence-corrected chi connectivity index (χ0v) is 18.8. The van der Waals surface area contributed by atoms with Crippen LogP contribution in [0.3, 0.4) is 0 Å². The van der Waals surface area contributed by atoms with Crippen LogP contribution in [0.1, 0.15) is 57.2 Å². The van der Waals surface area contributed by atoms with Crippen molar-refractivity contribution in [2.75, 3.05) is 25.1 Å². The number of methoxy groups -OCH3 is 1. The van der Waals surface area contributed by atoms with E-state index in [0.29, 0.717) is 0 Å². The Morgan fingerprint density at radius 3 is 2.06 bits per heavy atom. The molecule has 2 heterocycles. The van der Waals surface area contributed by atoms with Crippen LogP contribution >= 0.6 is 0 Å². The first-order chi connectivity index (χ1) is 15.3. The third-order valence-corrected chi connectivity index (χ3v) is 6.08. The van der Waals surface area contributed by atoms with Gasteiger partial charge in [0.15, 0.2) is 5.82 Å². The van der Waals surface area contributed by atoms with E-state index in [0.717, 1.165) is 53.5 Å². The monoisotopic (exact) mass is 415 g/mol. The van der Waals surface area contributed by atoms with Crippen LogP contribution in [0.2, 0.25) is 0 Å². The van der Waals surface area contributed by atoms with Gasteiger partial charge in [-0.2, -0.15) is 0 Å². The van der Waals surface area contributed by atoms with Gasteiger partial charge in [0.1, 0.15) is 11.8 Å². The summed E-state index contributed by atoms with van der Waals surface area (Å²) in [6, 6.07) is 20.8. The molecule has 1 aliphatic rings.